The van der Waals surface area contributed by atoms with Crippen molar-refractivity contribution in [3.63, 3.8) is 0 Å². The fraction of sp³-hybridized carbons (Fsp3) is 0.444. The zero-order chi connectivity index (χ0) is 41.9. The van der Waals surface area contributed by atoms with Crippen LogP contribution < -0.4 is 0 Å². The number of phenols is 4. The first-order valence-electron chi connectivity index (χ1n) is 18.0. The third kappa shape index (κ3) is 12.6. The molecular weight excluding hydrogens is 717 g/mol. The summed E-state index contributed by atoms with van der Waals surface area (Å²) in [6.07, 6.45) is -1.83. The molecule has 54 heavy (non-hydrogen) atoms. The molecule has 0 heterocycles. The maximum atomic E-state index is 10.3. The van der Waals surface area contributed by atoms with Crippen LogP contribution >= 0.6 is 23.5 Å². The molecule has 0 unspecified atom stereocenters. The second kappa shape index (κ2) is 17.2. The SMILES string of the molecule is Cc1cc(O)c(C(C)(C)C)cc1Sc1cc(C(C)(C)C)c(O)cc1C.Cc1cc(O)c(C(C)(C)C)cc1Sc1cc(C(C)(C)C)c(O)cc1C.O=C(O)O. The third-order valence-corrected chi connectivity index (χ3v) is 11.5. The molecule has 9 heteroatoms. The van der Waals surface area contributed by atoms with Gasteiger partial charge in [-0.1, -0.05) is 107 Å². The van der Waals surface area contributed by atoms with Gasteiger partial charge in [-0.2, -0.15) is 0 Å². The summed E-state index contributed by atoms with van der Waals surface area (Å²) in [4.78, 5) is 13.1. The molecule has 4 aromatic carbocycles. The quantitative estimate of drug-likeness (QED) is 0.119. The van der Waals surface area contributed by atoms with Crippen molar-refractivity contribution >= 4 is 29.7 Å². The monoisotopic (exact) mass is 778 g/mol. The number of phenolic OH excluding ortho intramolecular Hbond substituents is 4. The van der Waals surface area contributed by atoms with Gasteiger partial charge in [-0.15, -0.1) is 0 Å². The summed E-state index contributed by atoms with van der Waals surface area (Å²) in [6, 6.07) is 15.8. The van der Waals surface area contributed by atoms with Gasteiger partial charge in [-0.25, -0.2) is 4.79 Å². The average Bonchev–Trinajstić information content (AvgIpc) is 2.95. The molecule has 4 rings (SSSR count). The van der Waals surface area contributed by atoms with Crippen LogP contribution in [0, 0.1) is 27.7 Å². The summed E-state index contributed by atoms with van der Waals surface area (Å²) >= 11 is 3.39. The van der Waals surface area contributed by atoms with Crippen molar-refractivity contribution in [2.75, 3.05) is 0 Å². The zero-order valence-electron chi connectivity index (χ0n) is 35.0. The molecule has 0 fully saturated rings. The molecule has 0 saturated heterocycles. The first-order valence-corrected chi connectivity index (χ1v) is 19.6. The van der Waals surface area contributed by atoms with E-state index in [0.717, 1.165) is 64.1 Å². The van der Waals surface area contributed by atoms with Gasteiger partial charge in [-0.3, -0.25) is 0 Å². The zero-order valence-corrected chi connectivity index (χ0v) is 36.7. The van der Waals surface area contributed by atoms with Crippen molar-refractivity contribution in [1.82, 2.24) is 0 Å². The molecule has 0 aliphatic rings. The van der Waals surface area contributed by atoms with Crippen LogP contribution in [0.3, 0.4) is 0 Å². The normalized spacial score (nSPS) is 12.0. The molecule has 0 spiro atoms. The smallest absolute Gasteiger partial charge is 0.503 e. The minimum absolute atomic E-state index is 0.117. The molecule has 4 aromatic rings. The molecule has 0 amide bonds. The molecule has 0 radical (unpaired) electrons. The lowest BCUT2D eigenvalue weighted by Gasteiger charge is -2.24. The molecule has 0 aliphatic carbocycles. The van der Waals surface area contributed by atoms with E-state index in [1.165, 1.54) is 0 Å². The van der Waals surface area contributed by atoms with Crippen LogP contribution in [-0.4, -0.2) is 36.8 Å². The van der Waals surface area contributed by atoms with Gasteiger partial charge >= 0.3 is 6.16 Å². The van der Waals surface area contributed by atoms with Crippen molar-refractivity contribution in [2.45, 2.75) is 152 Å². The highest BCUT2D eigenvalue weighted by molar-refractivity contribution is 7.99. The Labute approximate surface area is 331 Å². The average molecular weight is 779 g/mol. The minimum Gasteiger partial charge on any atom is -0.508 e. The van der Waals surface area contributed by atoms with Gasteiger partial charge in [0.05, 0.1) is 0 Å². The fourth-order valence-corrected chi connectivity index (χ4v) is 7.83. The fourth-order valence-electron chi connectivity index (χ4n) is 5.77. The Morgan fingerprint density at radius 1 is 0.389 bits per heavy atom. The number of aromatic hydroxyl groups is 4. The summed E-state index contributed by atoms with van der Waals surface area (Å²) in [6.45, 7) is 33.4. The van der Waals surface area contributed by atoms with Crippen LogP contribution in [0.5, 0.6) is 23.0 Å². The predicted octanol–water partition coefficient (Wildman–Crippen LogP) is 13.1. The molecule has 0 bridgehead atoms. The molecular formula is C45H62O7S2. The summed E-state index contributed by atoms with van der Waals surface area (Å²) < 4.78 is 0. The Morgan fingerprint density at radius 3 is 0.667 bits per heavy atom. The van der Waals surface area contributed by atoms with Crippen LogP contribution in [0.1, 0.15) is 128 Å². The van der Waals surface area contributed by atoms with E-state index in [1.807, 2.05) is 52.0 Å². The largest absolute Gasteiger partial charge is 0.508 e. The number of aryl methyl sites for hydroxylation is 4. The van der Waals surface area contributed by atoms with E-state index < -0.39 is 6.16 Å². The summed E-state index contributed by atoms with van der Waals surface area (Å²) in [5.74, 6) is 1.42. The lowest BCUT2D eigenvalue weighted by atomic mass is 9.86. The first-order chi connectivity index (χ1) is 24.3. The number of benzene rings is 4. The minimum atomic E-state index is -1.83. The van der Waals surface area contributed by atoms with Crippen LogP contribution in [-0.2, 0) is 21.7 Å². The summed E-state index contributed by atoms with van der Waals surface area (Å²) in [5, 5.41) is 55.2. The molecule has 6 N–H and O–H groups in total. The standard InChI is InChI=1S/2C22H30O2S.CH2O3/c2*1-13-9-17(23)15(21(3,4)5)11-19(13)25-20-12-16(22(6,7)8)18(24)10-14(20)2;2-1(3)4/h2*9-12,23-24H,1-8H3;(H2,2,3,4). The second-order valence-corrected chi connectivity index (χ2v) is 20.2. The van der Waals surface area contributed by atoms with Gasteiger partial charge in [0.15, 0.2) is 0 Å². The number of carbonyl (C=O) groups is 1. The Balaban J connectivity index is 0.000000340. The summed E-state index contributed by atoms with van der Waals surface area (Å²) in [7, 11) is 0. The van der Waals surface area contributed by atoms with Crippen LogP contribution in [0.4, 0.5) is 4.79 Å². The Bertz CT molecular complexity index is 1690. The van der Waals surface area contributed by atoms with Crippen molar-refractivity contribution in [1.29, 1.82) is 0 Å². The molecule has 0 aliphatic heterocycles. The van der Waals surface area contributed by atoms with Crippen molar-refractivity contribution < 1.29 is 35.4 Å². The van der Waals surface area contributed by atoms with Gasteiger partial charge in [-0.05, 0) is 120 Å². The molecule has 0 aromatic heterocycles. The van der Waals surface area contributed by atoms with E-state index in [2.05, 4.69) is 107 Å². The Hall–Kier alpha value is -3.95. The van der Waals surface area contributed by atoms with Crippen LogP contribution in [0.25, 0.3) is 0 Å². The van der Waals surface area contributed by atoms with Gasteiger partial charge in [0.25, 0.3) is 0 Å². The summed E-state index contributed by atoms with van der Waals surface area (Å²) in [5.41, 5.74) is 7.56. The van der Waals surface area contributed by atoms with Gasteiger partial charge < -0.3 is 30.6 Å². The van der Waals surface area contributed by atoms with Crippen LogP contribution in [0.2, 0.25) is 0 Å². The number of rotatable bonds is 4. The lowest BCUT2D eigenvalue weighted by Crippen LogP contribution is -2.12. The van der Waals surface area contributed by atoms with E-state index in [9.17, 15) is 20.4 Å². The van der Waals surface area contributed by atoms with E-state index >= 15 is 0 Å². The van der Waals surface area contributed by atoms with Gasteiger partial charge in [0, 0.05) is 41.8 Å². The molecule has 0 saturated carbocycles. The van der Waals surface area contributed by atoms with Crippen molar-refractivity contribution in [3.8, 4) is 23.0 Å². The second-order valence-electron chi connectivity index (χ2n) is 18.0. The van der Waals surface area contributed by atoms with E-state index in [4.69, 9.17) is 15.0 Å². The van der Waals surface area contributed by atoms with Gasteiger partial charge in [0.2, 0.25) is 0 Å². The van der Waals surface area contributed by atoms with Crippen LogP contribution in [0.15, 0.2) is 68.1 Å². The maximum Gasteiger partial charge on any atom is 0.503 e. The lowest BCUT2D eigenvalue weighted by molar-refractivity contribution is 0.137. The van der Waals surface area contributed by atoms with E-state index in [-0.39, 0.29) is 21.7 Å². The Kier molecular flexibility index (Phi) is 14.8. The van der Waals surface area contributed by atoms with Crippen molar-refractivity contribution in [2.24, 2.45) is 0 Å². The predicted molar refractivity (Wildman–Crippen MR) is 225 cm³/mol. The van der Waals surface area contributed by atoms with E-state index in [1.54, 1.807) is 23.5 Å². The number of carboxylic acid groups (broad SMARTS) is 2. The Morgan fingerprint density at radius 2 is 0.537 bits per heavy atom. The highest BCUT2D eigenvalue weighted by Crippen LogP contribution is 2.44. The molecule has 7 nitrogen and oxygen atoms in total. The first kappa shape index (κ1) is 46.2. The topological polar surface area (TPSA) is 138 Å². The number of hydrogen-bond donors (Lipinski definition) is 6. The van der Waals surface area contributed by atoms with E-state index in [0.29, 0.717) is 23.0 Å². The highest BCUT2D eigenvalue weighted by Gasteiger charge is 2.24. The maximum absolute atomic E-state index is 10.3. The third-order valence-electron chi connectivity index (χ3n) is 8.84. The highest BCUT2D eigenvalue weighted by atomic mass is 32.2. The van der Waals surface area contributed by atoms with Crippen molar-refractivity contribution in [3.05, 3.63) is 93.0 Å². The number of hydrogen-bond acceptors (Lipinski definition) is 7. The van der Waals surface area contributed by atoms with Gasteiger partial charge in [0.1, 0.15) is 23.0 Å². The molecule has 0 atom stereocenters. The molecule has 296 valence electrons.